The van der Waals surface area contributed by atoms with Crippen molar-refractivity contribution < 1.29 is 0 Å². The molecular formula is C57H35N5Se2. The average molecular weight is 948 g/mol. The van der Waals surface area contributed by atoms with Gasteiger partial charge in [-0.25, -0.2) is 0 Å². The second-order valence-electron chi connectivity index (χ2n) is 16.0. The third-order valence-electron chi connectivity index (χ3n) is 12.3. The second-order valence-corrected chi connectivity index (χ2v) is 20.5. The Morgan fingerprint density at radius 3 is 1.47 bits per heavy atom. The van der Waals surface area contributed by atoms with E-state index in [1.807, 2.05) is 60.7 Å². The summed E-state index contributed by atoms with van der Waals surface area (Å²) in [6, 6.07) is 73.1. The number of benzene rings is 9. The number of hydrogen-bond acceptors (Lipinski definition) is 3. The Morgan fingerprint density at radius 1 is 0.344 bits per heavy atom. The van der Waals surface area contributed by atoms with Crippen LogP contribution >= 0.6 is 0 Å². The Kier molecular flexibility index (Phi) is 8.82. The summed E-state index contributed by atoms with van der Waals surface area (Å²) in [7, 11) is 0. The normalized spacial score (nSPS) is 11.8. The number of fused-ring (bicyclic) bond motifs is 14. The zero-order valence-electron chi connectivity index (χ0n) is 34.2. The minimum absolute atomic E-state index is 0.302. The second kappa shape index (κ2) is 15.2. The maximum atomic E-state index is 4.94. The van der Waals surface area contributed by atoms with Gasteiger partial charge < -0.3 is 0 Å². The van der Waals surface area contributed by atoms with Crippen molar-refractivity contribution in [3.63, 3.8) is 0 Å². The van der Waals surface area contributed by atoms with Gasteiger partial charge in [-0.2, -0.15) is 0 Å². The molecule has 5 aromatic heterocycles. The summed E-state index contributed by atoms with van der Waals surface area (Å²) in [4.78, 5) is 18.4. The van der Waals surface area contributed by atoms with Crippen LogP contribution in [0.3, 0.4) is 0 Å². The molecule has 0 amide bonds. The van der Waals surface area contributed by atoms with Gasteiger partial charge in [0.05, 0.1) is 0 Å². The molecule has 14 aromatic rings. The fourth-order valence-corrected chi connectivity index (χ4v) is 14.0. The van der Waals surface area contributed by atoms with Crippen LogP contribution in [0, 0.1) is 0 Å². The van der Waals surface area contributed by atoms with Crippen molar-refractivity contribution in [3.05, 3.63) is 206 Å². The van der Waals surface area contributed by atoms with E-state index in [0.29, 0.717) is 46.5 Å². The molecule has 0 bridgehead atoms. The Labute approximate surface area is 379 Å². The van der Waals surface area contributed by atoms with Crippen LogP contribution in [0.15, 0.2) is 206 Å². The maximum absolute atomic E-state index is 4.94. The molecule has 14 rings (SSSR count). The van der Waals surface area contributed by atoms with Crippen LogP contribution in [0.25, 0.3) is 122 Å². The van der Waals surface area contributed by atoms with Crippen molar-refractivity contribution in [2.45, 2.75) is 0 Å². The van der Waals surface area contributed by atoms with E-state index in [1.54, 1.807) is 0 Å². The molecule has 0 atom stereocenters. The number of rotatable bonds is 4. The monoisotopic (exact) mass is 949 g/mol. The minimum atomic E-state index is 0.302. The molecule has 300 valence electrons. The summed E-state index contributed by atoms with van der Waals surface area (Å²) >= 11 is 0.744. The van der Waals surface area contributed by atoms with Crippen molar-refractivity contribution in [1.29, 1.82) is 0 Å². The van der Waals surface area contributed by atoms with Crippen molar-refractivity contribution >= 4 is 111 Å². The topological polar surface area (TPSA) is 59.4 Å². The summed E-state index contributed by atoms with van der Waals surface area (Å²) in [5, 5.41) is 10.8. The van der Waals surface area contributed by atoms with Gasteiger partial charge in [-0.05, 0) is 0 Å². The van der Waals surface area contributed by atoms with Gasteiger partial charge >= 0.3 is 321 Å². The Balaban J connectivity index is 0.000000171. The standard InChI is InChI=1S/C39H24N4Se.C18H11NSe/c1-3-11-25(12-4-1)37-40-38(26-13-5-2-6-14-26)42-39(41-37)27-19-21-28(22-20-27)43-32-17-9-7-15-29(32)30-23-24-34-35(36(30)43)31-16-8-10-18-33(31)44-34;1-3-7-14-11(5-1)12-9-10-16-17(18(12)19-14)13-6-2-4-8-15(13)20-16/h1-24H;1-10,19H. The molecule has 64 heavy (non-hydrogen) atoms. The van der Waals surface area contributed by atoms with E-state index in [1.165, 1.54) is 82.2 Å². The molecule has 0 spiro atoms. The molecule has 0 aliphatic carbocycles. The van der Waals surface area contributed by atoms with Gasteiger partial charge in [-0.3, -0.25) is 0 Å². The first kappa shape index (κ1) is 37.2. The SMILES string of the molecule is c1ccc(-c2nc(-c3ccccc3)nc(-c3ccc(-n4c5ccccc5c5ccc6[se]c7ccccc7c6c54)cc3)n2)cc1.c1ccc2c(c1)[nH]c1c2ccc2[se]c3ccccc3c21. The quantitative estimate of drug-likeness (QED) is 0.179. The van der Waals surface area contributed by atoms with Crippen LogP contribution in [-0.4, -0.2) is 53.5 Å². The molecule has 1 N–H and O–H groups in total. The Bertz CT molecular complexity index is 4010. The van der Waals surface area contributed by atoms with Gasteiger partial charge in [0, 0.05) is 0 Å². The molecule has 0 aliphatic heterocycles. The Hall–Kier alpha value is -7.37. The molecule has 9 aromatic carbocycles. The van der Waals surface area contributed by atoms with Gasteiger partial charge in [0.2, 0.25) is 0 Å². The first-order valence-corrected chi connectivity index (χ1v) is 24.8. The molecule has 5 heterocycles. The number of aromatic nitrogens is 5. The fraction of sp³-hybridized carbons (Fsp3) is 0. The summed E-state index contributed by atoms with van der Waals surface area (Å²) in [6.07, 6.45) is 0. The van der Waals surface area contributed by atoms with E-state index in [-0.39, 0.29) is 0 Å². The number of aromatic amines is 1. The molecule has 0 radical (unpaired) electrons. The molecular weight excluding hydrogens is 913 g/mol. The van der Waals surface area contributed by atoms with E-state index in [2.05, 4.69) is 155 Å². The molecule has 5 nitrogen and oxygen atoms in total. The van der Waals surface area contributed by atoms with Gasteiger partial charge in [-0.15, -0.1) is 0 Å². The van der Waals surface area contributed by atoms with Crippen molar-refractivity contribution in [1.82, 2.24) is 24.5 Å². The van der Waals surface area contributed by atoms with Crippen LogP contribution in [0.2, 0.25) is 0 Å². The van der Waals surface area contributed by atoms with Crippen LogP contribution in [0.4, 0.5) is 0 Å². The molecule has 7 heteroatoms. The summed E-state index contributed by atoms with van der Waals surface area (Å²) < 4.78 is 8.33. The predicted octanol–water partition coefficient (Wildman–Crippen LogP) is 14.0. The molecule has 0 fully saturated rings. The van der Waals surface area contributed by atoms with Gasteiger partial charge in [0.1, 0.15) is 0 Å². The van der Waals surface area contributed by atoms with Crippen LogP contribution in [0.1, 0.15) is 0 Å². The molecule has 0 aliphatic rings. The first-order chi connectivity index (χ1) is 31.7. The van der Waals surface area contributed by atoms with Gasteiger partial charge in [-0.1, -0.05) is 60.7 Å². The fourth-order valence-electron chi connectivity index (χ4n) is 9.36. The van der Waals surface area contributed by atoms with Crippen molar-refractivity contribution in [2.24, 2.45) is 0 Å². The number of nitrogens with one attached hydrogen (secondary N) is 1. The van der Waals surface area contributed by atoms with Crippen LogP contribution in [0.5, 0.6) is 0 Å². The molecule has 0 saturated heterocycles. The predicted molar refractivity (Wildman–Crippen MR) is 270 cm³/mol. The average Bonchev–Trinajstić information content (AvgIpc) is 4.13. The number of para-hydroxylation sites is 2. The van der Waals surface area contributed by atoms with Crippen LogP contribution < -0.4 is 0 Å². The van der Waals surface area contributed by atoms with Gasteiger partial charge in [0.15, 0.2) is 0 Å². The third kappa shape index (κ3) is 6.09. The van der Waals surface area contributed by atoms with Crippen molar-refractivity contribution in [2.75, 3.05) is 0 Å². The van der Waals surface area contributed by atoms with Gasteiger partial charge in [0.25, 0.3) is 0 Å². The van der Waals surface area contributed by atoms with E-state index in [4.69, 9.17) is 15.0 Å². The number of hydrogen-bond donors (Lipinski definition) is 1. The zero-order chi connectivity index (χ0) is 42.1. The number of nitrogens with zero attached hydrogens (tertiary/aromatic N) is 4. The van der Waals surface area contributed by atoms with E-state index < -0.39 is 0 Å². The third-order valence-corrected chi connectivity index (χ3v) is 17.0. The van der Waals surface area contributed by atoms with Crippen LogP contribution in [-0.2, 0) is 0 Å². The Morgan fingerprint density at radius 2 is 0.828 bits per heavy atom. The summed E-state index contributed by atoms with van der Waals surface area (Å²) in [6.45, 7) is 0. The van der Waals surface area contributed by atoms with Crippen molar-refractivity contribution in [3.8, 4) is 39.9 Å². The van der Waals surface area contributed by atoms with E-state index in [9.17, 15) is 0 Å². The van der Waals surface area contributed by atoms with E-state index in [0.717, 1.165) is 22.4 Å². The molecule has 0 unspecified atom stereocenters. The van der Waals surface area contributed by atoms with E-state index >= 15 is 0 Å². The summed E-state index contributed by atoms with van der Waals surface area (Å²) in [5.41, 5.74) is 9.01. The molecule has 0 saturated carbocycles. The zero-order valence-corrected chi connectivity index (χ0v) is 37.7. The summed E-state index contributed by atoms with van der Waals surface area (Å²) in [5.74, 6) is 1.98. The number of H-pyrrole nitrogens is 1. The first-order valence-electron chi connectivity index (χ1n) is 21.4.